The summed E-state index contributed by atoms with van der Waals surface area (Å²) in [5.74, 6) is 1.27. The van der Waals surface area contributed by atoms with Crippen molar-refractivity contribution in [1.29, 1.82) is 0 Å². The van der Waals surface area contributed by atoms with Crippen LogP contribution in [0.25, 0.3) is 0 Å². The van der Waals surface area contributed by atoms with Gasteiger partial charge in [0.15, 0.2) is 0 Å². The lowest BCUT2D eigenvalue weighted by atomic mass is 9.68. The van der Waals surface area contributed by atoms with Crippen LogP contribution in [0.5, 0.6) is 0 Å². The number of hydrogen-bond donors (Lipinski definition) is 1. The summed E-state index contributed by atoms with van der Waals surface area (Å²) in [5, 5.41) is 4.27. The first-order chi connectivity index (χ1) is 6.22. The molecule has 0 saturated heterocycles. The molecule has 2 rings (SSSR count). The second kappa shape index (κ2) is 3.14. The standard InChI is InChI=1S/C10H17N3/c1-3-13-6-8(5-12-13)9-4-10(11)7(9)2/h5-7,9-10H,3-4,11H2,1-2H3. The van der Waals surface area contributed by atoms with Gasteiger partial charge in [-0.15, -0.1) is 0 Å². The molecule has 3 unspecified atom stereocenters. The third kappa shape index (κ3) is 1.37. The van der Waals surface area contributed by atoms with Gasteiger partial charge in [0, 0.05) is 18.8 Å². The van der Waals surface area contributed by atoms with Crippen molar-refractivity contribution >= 4 is 0 Å². The van der Waals surface area contributed by atoms with E-state index in [2.05, 4.69) is 25.1 Å². The number of aromatic nitrogens is 2. The smallest absolute Gasteiger partial charge is 0.0524 e. The van der Waals surface area contributed by atoms with Crippen LogP contribution in [0.4, 0.5) is 0 Å². The van der Waals surface area contributed by atoms with Gasteiger partial charge in [-0.3, -0.25) is 4.68 Å². The molecule has 13 heavy (non-hydrogen) atoms. The molecule has 3 atom stereocenters. The van der Waals surface area contributed by atoms with Gasteiger partial charge in [-0.1, -0.05) is 6.92 Å². The summed E-state index contributed by atoms with van der Waals surface area (Å²) in [5.41, 5.74) is 7.22. The van der Waals surface area contributed by atoms with Crippen molar-refractivity contribution in [2.45, 2.75) is 38.8 Å². The highest BCUT2D eigenvalue weighted by Crippen LogP contribution is 2.40. The summed E-state index contributed by atoms with van der Waals surface area (Å²) in [4.78, 5) is 0. The average Bonchev–Trinajstić information content (AvgIpc) is 2.61. The molecule has 1 aromatic heterocycles. The Balaban J connectivity index is 2.09. The molecule has 0 aromatic carbocycles. The second-order valence-corrected chi connectivity index (χ2v) is 3.99. The molecule has 1 saturated carbocycles. The van der Waals surface area contributed by atoms with Gasteiger partial charge >= 0.3 is 0 Å². The van der Waals surface area contributed by atoms with Gasteiger partial charge in [0.2, 0.25) is 0 Å². The Morgan fingerprint density at radius 1 is 1.69 bits per heavy atom. The summed E-state index contributed by atoms with van der Waals surface area (Å²) >= 11 is 0. The minimum Gasteiger partial charge on any atom is -0.327 e. The van der Waals surface area contributed by atoms with Gasteiger partial charge < -0.3 is 5.73 Å². The third-order valence-electron chi connectivity index (χ3n) is 3.24. The Labute approximate surface area is 78.9 Å². The molecule has 1 heterocycles. The van der Waals surface area contributed by atoms with Crippen molar-refractivity contribution in [3.63, 3.8) is 0 Å². The van der Waals surface area contributed by atoms with Crippen molar-refractivity contribution < 1.29 is 0 Å². The fourth-order valence-electron chi connectivity index (χ4n) is 2.01. The average molecular weight is 179 g/mol. The van der Waals surface area contributed by atoms with Crippen LogP contribution >= 0.6 is 0 Å². The monoisotopic (exact) mass is 179 g/mol. The lowest BCUT2D eigenvalue weighted by Crippen LogP contribution is -2.43. The Morgan fingerprint density at radius 3 is 2.92 bits per heavy atom. The summed E-state index contributed by atoms with van der Waals surface area (Å²) in [7, 11) is 0. The largest absolute Gasteiger partial charge is 0.327 e. The first kappa shape index (κ1) is 8.75. The highest BCUT2D eigenvalue weighted by Gasteiger charge is 2.36. The van der Waals surface area contributed by atoms with Crippen molar-refractivity contribution in [2.75, 3.05) is 0 Å². The number of aryl methyl sites for hydroxylation is 1. The Bertz CT molecular complexity index is 292. The summed E-state index contributed by atoms with van der Waals surface area (Å²) in [6.07, 6.45) is 5.25. The van der Waals surface area contributed by atoms with E-state index in [9.17, 15) is 0 Å². The topological polar surface area (TPSA) is 43.8 Å². The maximum absolute atomic E-state index is 5.86. The van der Waals surface area contributed by atoms with E-state index in [0.717, 1.165) is 13.0 Å². The molecule has 3 nitrogen and oxygen atoms in total. The summed E-state index contributed by atoms with van der Waals surface area (Å²) < 4.78 is 1.98. The molecular formula is C10H17N3. The molecule has 3 heteroatoms. The van der Waals surface area contributed by atoms with E-state index in [1.807, 2.05) is 10.9 Å². The molecule has 0 spiro atoms. The zero-order chi connectivity index (χ0) is 9.42. The van der Waals surface area contributed by atoms with E-state index in [-0.39, 0.29) is 0 Å². The first-order valence-corrected chi connectivity index (χ1v) is 5.00. The zero-order valence-corrected chi connectivity index (χ0v) is 8.27. The van der Waals surface area contributed by atoms with Crippen molar-refractivity contribution in [3.8, 4) is 0 Å². The molecule has 72 valence electrons. The van der Waals surface area contributed by atoms with Gasteiger partial charge in [-0.05, 0) is 30.7 Å². The van der Waals surface area contributed by atoms with Gasteiger partial charge in [-0.2, -0.15) is 5.10 Å². The van der Waals surface area contributed by atoms with Crippen LogP contribution in [0.2, 0.25) is 0 Å². The zero-order valence-electron chi connectivity index (χ0n) is 8.27. The first-order valence-electron chi connectivity index (χ1n) is 5.00. The van der Waals surface area contributed by atoms with Gasteiger partial charge in [-0.25, -0.2) is 0 Å². The van der Waals surface area contributed by atoms with Gasteiger partial charge in [0.25, 0.3) is 0 Å². The van der Waals surface area contributed by atoms with E-state index in [1.165, 1.54) is 5.56 Å². The predicted octanol–water partition coefficient (Wildman–Crippen LogP) is 1.35. The Morgan fingerprint density at radius 2 is 2.46 bits per heavy atom. The summed E-state index contributed by atoms with van der Waals surface area (Å²) in [6, 6.07) is 0.398. The second-order valence-electron chi connectivity index (χ2n) is 3.99. The normalized spacial score (nSPS) is 33.0. The number of nitrogens with zero attached hydrogens (tertiary/aromatic N) is 2. The number of rotatable bonds is 2. The van der Waals surface area contributed by atoms with Crippen LogP contribution in [-0.2, 0) is 6.54 Å². The van der Waals surface area contributed by atoms with E-state index >= 15 is 0 Å². The maximum Gasteiger partial charge on any atom is 0.0524 e. The molecule has 0 bridgehead atoms. The molecule has 0 aliphatic heterocycles. The maximum atomic E-state index is 5.86. The molecule has 1 aromatic rings. The quantitative estimate of drug-likeness (QED) is 0.744. The molecule has 0 radical (unpaired) electrons. The molecule has 1 aliphatic rings. The molecular weight excluding hydrogens is 162 g/mol. The molecule has 1 fully saturated rings. The number of hydrogen-bond acceptors (Lipinski definition) is 2. The van der Waals surface area contributed by atoms with Crippen molar-refractivity contribution in [1.82, 2.24) is 9.78 Å². The molecule has 1 aliphatic carbocycles. The van der Waals surface area contributed by atoms with E-state index in [4.69, 9.17) is 5.73 Å². The molecule has 2 N–H and O–H groups in total. The Kier molecular flexibility index (Phi) is 2.12. The van der Waals surface area contributed by atoms with Crippen LogP contribution in [0.1, 0.15) is 31.7 Å². The highest BCUT2D eigenvalue weighted by molar-refractivity contribution is 5.18. The highest BCUT2D eigenvalue weighted by atomic mass is 15.3. The van der Waals surface area contributed by atoms with E-state index in [0.29, 0.717) is 17.9 Å². The minimum atomic E-state index is 0.398. The fraction of sp³-hybridized carbons (Fsp3) is 0.700. The van der Waals surface area contributed by atoms with E-state index < -0.39 is 0 Å². The Hall–Kier alpha value is -0.830. The minimum absolute atomic E-state index is 0.398. The SMILES string of the molecule is CCn1cc(C2CC(N)C2C)cn1. The fourth-order valence-corrected chi connectivity index (χ4v) is 2.01. The van der Waals surface area contributed by atoms with Crippen LogP contribution in [0.15, 0.2) is 12.4 Å². The molecule has 0 amide bonds. The van der Waals surface area contributed by atoms with Crippen LogP contribution in [-0.4, -0.2) is 15.8 Å². The van der Waals surface area contributed by atoms with Gasteiger partial charge in [0.05, 0.1) is 6.20 Å². The summed E-state index contributed by atoms with van der Waals surface area (Å²) in [6.45, 7) is 5.28. The van der Waals surface area contributed by atoms with E-state index in [1.54, 1.807) is 0 Å². The van der Waals surface area contributed by atoms with Crippen LogP contribution in [0, 0.1) is 5.92 Å². The van der Waals surface area contributed by atoms with Crippen LogP contribution < -0.4 is 5.73 Å². The number of nitrogens with two attached hydrogens (primary N) is 1. The predicted molar refractivity (Wildman–Crippen MR) is 52.4 cm³/mol. The van der Waals surface area contributed by atoms with Gasteiger partial charge in [0.1, 0.15) is 0 Å². The third-order valence-corrected chi connectivity index (χ3v) is 3.24. The van der Waals surface area contributed by atoms with Crippen LogP contribution in [0.3, 0.4) is 0 Å². The lowest BCUT2D eigenvalue weighted by Gasteiger charge is -2.40. The lowest BCUT2D eigenvalue weighted by molar-refractivity contribution is 0.226. The van der Waals surface area contributed by atoms with Crippen molar-refractivity contribution in [3.05, 3.63) is 18.0 Å². The van der Waals surface area contributed by atoms with Crippen molar-refractivity contribution in [2.24, 2.45) is 11.7 Å².